The molecule has 0 saturated heterocycles. The van der Waals surface area contributed by atoms with Crippen LogP contribution in [-0.2, 0) is 16.0 Å². The second-order valence-electron chi connectivity index (χ2n) is 4.14. The van der Waals surface area contributed by atoms with E-state index in [9.17, 15) is 4.79 Å². The fourth-order valence-corrected chi connectivity index (χ4v) is 2.81. The number of carbonyl (C=O) groups is 1. The molecule has 0 aromatic heterocycles. The normalized spacial score (nSPS) is 31.9. The van der Waals surface area contributed by atoms with Crippen LogP contribution in [0.3, 0.4) is 0 Å². The number of fused-ring (bicyclic) bond motifs is 3. The quantitative estimate of drug-likeness (QED) is 0.627. The highest BCUT2D eigenvalue weighted by atomic mass is 16.5. The van der Waals surface area contributed by atoms with Crippen molar-refractivity contribution in [3.8, 4) is 0 Å². The van der Waals surface area contributed by atoms with E-state index in [1.807, 2.05) is 6.07 Å². The van der Waals surface area contributed by atoms with Gasteiger partial charge in [0.25, 0.3) is 0 Å². The van der Waals surface area contributed by atoms with Gasteiger partial charge in [0.15, 0.2) is 0 Å². The summed E-state index contributed by atoms with van der Waals surface area (Å²) in [5.41, 5.74) is 2.79. The minimum atomic E-state index is -0.0329. The molecule has 14 heavy (non-hydrogen) atoms. The molecular weight excluding hydrogens is 176 g/mol. The van der Waals surface area contributed by atoms with E-state index in [0.717, 1.165) is 6.42 Å². The van der Waals surface area contributed by atoms with Gasteiger partial charge in [-0.3, -0.25) is 4.79 Å². The minimum Gasteiger partial charge on any atom is -0.469 e. The summed E-state index contributed by atoms with van der Waals surface area (Å²) in [5.74, 6) is 1.10. The van der Waals surface area contributed by atoms with Gasteiger partial charge in [-0.25, -0.2) is 0 Å². The van der Waals surface area contributed by atoms with Crippen LogP contribution in [0.25, 0.3) is 0 Å². The molecule has 2 heteroatoms. The van der Waals surface area contributed by atoms with Crippen LogP contribution < -0.4 is 0 Å². The predicted octanol–water partition coefficient (Wildman–Crippen LogP) is 1.75. The number of esters is 1. The van der Waals surface area contributed by atoms with Crippen LogP contribution in [0.4, 0.5) is 0 Å². The van der Waals surface area contributed by atoms with Crippen LogP contribution in [0.15, 0.2) is 24.3 Å². The van der Waals surface area contributed by atoms with E-state index < -0.39 is 0 Å². The molecule has 1 saturated carbocycles. The molecule has 0 N–H and O–H groups in total. The lowest BCUT2D eigenvalue weighted by atomic mass is 10.0. The molecular formula is C12H12O2. The van der Waals surface area contributed by atoms with Gasteiger partial charge in [0.2, 0.25) is 0 Å². The first-order valence-electron chi connectivity index (χ1n) is 4.98. The summed E-state index contributed by atoms with van der Waals surface area (Å²) in [6.07, 6.45) is 1.06. The van der Waals surface area contributed by atoms with E-state index in [4.69, 9.17) is 4.74 Å². The van der Waals surface area contributed by atoms with Crippen LogP contribution in [0.2, 0.25) is 0 Å². The van der Waals surface area contributed by atoms with Crippen molar-refractivity contribution in [1.29, 1.82) is 0 Å². The van der Waals surface area contributed by atoms with E-state index in [2.05, 4.69) is 18.2 Å². The van der Waals surface area contributed by atoms with E-state index in [1.54, 1.807) is 0 Å². The van der Waals surface area contributed by atoms with Crippen molar-refractivity contribution in [2.75, 3.05) is 7.11 Å². The lowest BCUT2D eigenvalue weighted by molar-refractivity contribution is -0.142. The van der Waals surface area contributed by atoms with Crippen molar-refractivity contribution in [2.24, 2.45) is 11.8 Å². The van der Waals surface area contributed by atoms with E-state index in [0.29, 0.717) is 11.8 Å². The third kappa shape index (κ3) is 0.884. The fraction of sp³-hybridized carbons (Fsp3) is 0.417. The molecule has 3 rings (SSSR count). The van der Waals surface area contributed by atoms with Gasteiger partial charge in [-0.2, -0.15) is 0 Å². The molecule has 1 aromatic rings. The zero-order valence-corrected chi connectivity index (χ0v) is 8.07. The third-order valence-electron chi connectivity index (χ3n) is 3.51. The minimum absolute atomic E-state index is 0.0329. The Labute approximate surface area is 82.9 Å². The van der Waals surface area contributed by atoms with Gasteiger partial charge in [-0.1, -0.05) is 24.3 Å². The van der Waals surface area contributed by atoms with Crippen molar-refractivity contribution < 1.29 is 9.53 Å². The SMILES string of the molecule is COC(=O)[C@H]1[C@@H]2Cc3ccccc3[C@@H]21. The Bertz CT molecular complexity index is 397. The van der Waals surface area contributed by atoms with Gasteiger partial charge in [0.05, 0.1) is 13.0 Å². The number of methoxy groups -OCH3 is 1. The number of benzene rings is 1. The van der Waals surface area contributed by atoms with Crippen molar-refractivity contribution >= 4 is 5.97 Å². The molecule has 3 atom stereocenters. The molecule has 0 amide bonds. The average molecular weight is 188 g/mol. The van der Waals surface area contributed by atoms with E-state index >= 15 is 0 Å². The summed E-state index contributed by atoms with van der Waals surface area (Å²) in [6.45, 7) is 0. The van der Waals surface area contributed by atoms with Crippen LogP contribution in [0.1, 0.15) is 17.0 Å². The molecule has 2 aliphatic carbocycles. The molecule has 0 spiro atoms. The molecule has 0 bridgehead atoms. The van der Waals surface area contributed by atoms with Crippen molar-refractivity contribution in [3.63, 3.8) is 0 Å². The van der Waals surface area contributed by atoms with Crippen LogP contribution in [0.5, 0.6) is 0 Å². The number of rotatable bonds is 1. The van der Waals surface area contributed by atoms with Crippen LogP contribution in [-0.4, -0.2) is 13.1 Å². The molecule has 0 unspecified atom stereocenters. The zero-order chi connectivity index (χ0) is 9.71. The number of carbonyl (C=O) groups excluding carboxylic acids is 1. The second kappa shape index (κ2) is 2.59. The Kier molecular flexibility index (Phi) is 1.49. The molecule has 72 valence electrons. The second-order valence-corrected chi connectivity index (χ2v) is 4.14. The Morgan fingerprint density at radius 2 is 2.21 bits per heavy atom. The first-order valence-corrected chi connectivity index (χ1v) is 4.98. The number of hydrogen-bond acceptors (Lipinski definition) is 2. The van der Waals surface area contributed by atoms with Crippen LogP contribution in [0, 0.1) is 11.8 Å². The lowest BCUT2D eigenvalue weighted by Gasteiger charge is -2.05. The summed E-state index contributed by atoms with van der Waals surface area (Å²) in [5, 5.41) is 0. The first-order chi connectivity index (χ1) is 6.83. The molecule has 2 nitrogen and oxygen atoms in total. The highest BCUT2D eigenvalue weighted by Crippen LogP contribution is 2.61. The first kappa shape index (κ1) is 8.04. The zero-order valence-electron chi connectivity index (χ0n) is 8.07. The maximum Gasteiger partial charge on any atom is 0.309 e. The molecule has 1 aromatic carbocycles. The van der Waals surface area contributed by atoms with Gasteiger partial charge < -0.3 is 4.74 Å². The summed E-state index contributed by atoms with van der Waals surface area (Å²) in [7, 11) is 1.47. The third-order valence-corrected chi connectivity index (χ3v) is 3.51. The molecule has 0 radical (unpaired) electrons. The maximum atomic E-state index is 11.4. The molecule has 0 aliphatic heterocycles. The van der Waals surface area contributed by atoms with Crippen molar-refractivity contribution in [3.05, 3.63) is 35.4 Å². The number of hydrogen-bond donors (Lipinski definition) is 0. The Hall–Kier alpha value is -1.31. The summed E-state index contributed by atoms with van der Waals surface area (Å²) < 4.78 is 4.79. The van der Waals surface area contributed by atoms with Gasteiger partial charge in [0, 0.05) is 5.92 Å². The highest BCUT2D eigenvalue weighted by molar-refractivity contribution is 5.79. The summed E-state index contributed by atoms with van der Waals surface area (Å²) >= 11 is 0. The Morgan fingerprint density at radius 1 is 1.43 bits per heavy atom. The average Bonchev–Trinajstić information content (AvgIpc) is 2.81. The van der Waals surface area contributed by atoms with Gasteiger partial charge >= 0.3 is 5.97 Å². The smallest absolute Gasteiger partial charge is 0.309 e. The van der Waals surface area contributed by atoms with Gasteiger partial charge in [-0.05, 0) is 23.5 Å². The summed E-state index contributed by atoms with van der Waals surface area (Å²) in [6, 6.07) is 8.42. The van der Waals surface area contributed by atoms with Crippen molar-refractivity contribution in [2.45, 2.75) is 12.3 Å². The standard InChI is InChI=1S/C12H12O2/c1-14-12(13)11-9-6-7-4-2-3-5-8(7)10(9)11/h2-5,9-11H,6H2,1H3/t9-,10+,11+/m1/s1. The fourth-order valence-electron chi connectivity index (χ4n) is 2.81. The Balaban J connectivity index is 1.91. The van der Waals surface area contributed by atoms with Crippen molar-refractivity contribution in [1.82, 2.24) is 0 Å². The largest absolute Gasteiger partial charge is 0.469 e. The van der Waals surface area contributed by atoms with E-state index in [1.165, 1.54) is 18.2 Å². The number of ether oxygens (including phenoxy) is 1. The lowest BCUT2D eigenvalue weighted by Crippen LogP contribution is -2.08. The molecule has 2 aliphatic rings. The van der Waals surface area contributed by atoms with Gasteiger partial charge in [-0.15, -0.1) is 0 Å². The highest BCUT2D eigenvalue weighted by Gasteiger charge is 2.59. The maximum absolute atomic E-state index is 11.4. The monoisotopic (exact) mass is 188 g/mol. The van der Waals surface area contributed by atoms with E-state index in [-0.39, 0.29) is 11.9 Å². The Morgan fingerprint density at radius 3 is 3.00 bits per heavy atom. The molecule has 0 heterocycles. The molecule has 1 fully saturated rings. The van der Waals surface area contributed by atoms with Crippen LogP contribution >= 0.6 is 0 Å². The summed E-state index contributed by atoms with van der Waals surface area (Å²) in [4.78, 5) is 11.4. The predicted molar refractivity (Wildman–Crippen MR) is 51.9 cm³/mol. The topological polar surface area (TPSA) is 26.3 Å². The van der Waals surface area contributed by atoms with Gasteiger partial charge in [0.1, 0.15) is 0 Å².